The van der Waals surface area contributed by atoms with E-state index in [9.17, 15) is 4.79 Å². The smallest absolute Gasteiger partial charge is 0.350 e. The predicted molar refractivity (Wildman–Crippen MR) is 98.0 cm³/mol. The molecule has 1 saturated heterocycles. The van der Waals surface area contributed by atoms with Crippen LogP contribution >= 0.6 is 0 Å². The highest BCUT2D eigenvalue weighted by Crippen LogP contribution is 2.32. The van der Waals surface area contributed by atoms with Crippen LogP contribution in [0.2, 0.25) is 0 Å². The molecule has 1 fully saturated rings. The van der Waals surface area contributed by atoms with Gasteiger partial charge < -0.3 is 4.74 Å². The zero-order chi connectivity index (χ0) is 17.4. The summed E-state index contributed by atoms with van der Waals surface area (Å²) in [7, 11) is 1.68. The summed E-state index contributed by atoms with van der Waals surface area (Å²) in [6.07, 6.45) is 3.22. The van der Waals surface area contributed by atoms with Gasteiger partial charge in [-0.15, -0.1) is 0 Å². The third kappa shape index (κ3) is 2.80. The van der Waals surface area contributed by atoms with Gasteiger partial charge in [-0.3, -0.25) is 9.58 Å². The first-order valence-electron chi connectivity index (χ1n) is 9.03. The molecule has 6 nitrogen and oxygen atoms in total. The number of aryl methyl sites for hydroxylation is 1. The Hall–Kier alpha value is -2.34. The second kappa shape index (κ2) is 6.52. The lowest BCUT2D eigenvalue weighted by molar-refractivity contribution is 0.308. The van der Waals surface area contributed by atoms with Crippen molar-refractivity contribution < 1.29 is 4.74 Å². The number of ether oxygens (including phenoxy) is 1. The summed E-state index contributed by atoms with van der Waals surface area (Å²) in [6, 6.07) is 8.14. The normalized spacial score (nSPS) is 16.4. The van der Waals surface area contributed by atoms with E-state index >= 15 is 0 Å². The predicted octanol–water partition coefficient (Wildman–Crippen LogP) is 2.31. The Morgan fingerprint density at radius 1 is 1.20 bits per heavy atom. The lowest BCUT2D eigenvalue weighted by Crippen LogP contribution is -2.43. The number of benzene rings is 1. The fourth-order valence-corrected chi connectivity index (χ4v) is 3.90. The summed E-state index contributed by atoms with van der Waals surface area (Å²) < 4.78 is 7.13. The van der Waals surface area contributed by atoms with Crippen molar-refractivity contribution >= 4 is 5.82 Å². The molecule has 4 rings (SSSR count). The Kier molecular flexibility index (Phi) is 4.21. The van der Waals surface area contributed by atoms with E-state index in [1.165, 1.54) is 18.4 Å². The molecule has 132 valence electrons. The summed E-state index contributed by atoms with van der Waals surface area (Å²) in [5, 5.41) is 4.45. The molecule has 1 aromatic heterocycles. The number of methoxy groups -OCH3 is 1. The second-order valence-electron chi connectivity index (χ2n) is 6.58. The first-order valence-corrected chi connectivity index (χ1v) is 9.03. The van der Waals surface area contributed by atoms with E-state index in [1.54, 1.807) is 11.7 Å². The van der Waals surface area contributed by atoms with Crippen LogP contribution in [-0.2, 0) is 13.0 Å². The highest BCUT2D eigenvalue weighted by atomic mass is 16.5. The summed E-state index contributed by atoms with van der Waals surface area (Å²) in [5.74, 6) is 1.61. The van der Waals surface area contributed by atoms with Gasteiger partial charge in [0.2, 0.25) is 0 Å². The largest absolute Gasteiger partial charge is 0.497 e. The molecule has 2 aliphatic heterocycles. The van der Waals surface area contributed by atoms with Gasteiger partial charge >= 0.3 is 5.69 Å². The number of hydrogen-bond donors (Lipinski definition) is 0. The number of hydrazine groups is 1. The van der Waals surface area contributed by atoms with Gasteiger partial charge in [-0.05, 0) is 49.9 Å². The Balaban J connectivity index is 1.80. The summed E-state index contributed by atoms with van der Waals surface area (Å²) in [6.45, 7) is 5.64. The third-order valence-corrected chi connectivity index (χ3v) is 5.18. The minimum absolute atomic E-state index is 0.161. The Labute approximate surface area is 147 Å². The molecule has 3 heterocycles. The van der Waals surface area contributed by atoms with Crippen LogP contribution in [0.15, 0.2) is 29.1 Å². The third-order valence-electron chi connectivity index (χ3n) is 5.18. The van der Waals surface area contributed by atoms with Gasteiger partial charge in [0, 0.05) is 37.8 Å². The molecule has 2 aliphatic rings. The van der Waals surface area contributed by atoms with Crippen molar-refractivity contribution in [2.75, 3.05) is 31.8 Å². The van der Waals surface area contributed by atoms with E-state index in [0.29, 0.717) is 6.54 Å². The molecule has 0 aliphatic carbocycles. The topological polar surface area (TPSA) is 50.6 Å². The molecular formula is C19H24N4O2. The number of nitrogens with zero attached hydrogens (tertiary/aromatic N) is 4. The molecule has 0 radical (unpaired) electrons. The lowest BCUT2D eigenvalue weighted by atomic mass is 9.97. The fourth-order valence-electron chi connectivity index (χ4n) is 3.90. The molecule has 6 heteroatoms. The zero-order valence-electron chi connectivity index (χ0n) is 14.9. The monoisotopic (exact) mass is 340 g/mol. The van der Waals surface area contributed by atoms with E-state index in [2.05, 4.69) is 40.1 Å². The van der Waals surface area contributed by atoms with Crippen LogP contribution in [0.1, 0.15) is 25.3 Å². The Morgan fingerprint density at radius 3 is 2.72 bits per heavy atom. The summed E-state index contributed by atoms with van der Waals surface area (Å²) in [5.41, 5.74) is 3.12. The quantitative estimate of drug-likeness (QED) is 0.855. The fraction of sp³-hybridized carbons (Fsp3) is 0.474. The molecule has 25 heavy (non-hydrogen) atoms. The number of aromatic nitrogens is 2. The molecule has 0 amide bonds. The van der Waals surface area contributed by atoms with Gasteiger partial charge in [-0.1, -0.05) is 0 Å². The van der Waals surface area contributed by atoms with Crippen LogP contribution in [0.4, 0.5) is 5.82 Å². The standard InChI is InChI=1S/C19H24N4O2/c1-3-23(21-9-4-5-10-21)18-13-17-16-7-6-15(25-2)12-14(16)8-11-22(17)19(24)20-18/h6-7,12-13H,3-5,8-11H2,1-2H3. The van der Waals surface area contributed by atoms with Crippen molar-refractivity contribution in [1.82, 2.24) is 14.6 Å². The molecule has 0 saturated carbocycles. The van der Waals surface area contributed by atoms with Gasteiger partial charge in [0.25, 0.3) is 0 Å². The molecule has 2 aromatic rings. The SMILES string of the molecule is CCN(c1cc2n(c(=O)n1)CCc1cc(OC)ccc1-2)N1CCCC1. The molecule has 0 unspecified atom stereocenters. The van der Waals surface area contributed by atoms with E-state index in [-0.39, 0.29) is 5.69 Å². The van der Waals surface area contributed by atoms with Crippen LogP contribution in [-0.4, -0.2) is 41.3 Å². The zero-order valence-corrected chi connectivity index (χ0v) is 14.9. The van der Waals surface area contributed by atoms with Gasteiger partial charge in [0.05, 0.1) is 12.8 Å². The minimum atomic E-state index is -0.161. The second-order valence-corrected chi connectivity index (χ2v) is 6.58. The highest BCUT2D eigenvalue weighted by molar-refractivity contribution is 5.69. The van der Waals surface area contributed by atoms with Crippen LogP contribution in [0.3, 0.4) is 0 Å². The summed E-state index contributed by atoms with van der Waals surface area (Å²) >= 11 is 0. The highest BCUT2D eigenvalue weighted by Gasteiger charge is 2.24. The van der Waals surface area contributed by atoms with Crippen LogP contribution in [0, 0.1) is 0 Å². The van der Waals surface area contributed by atoms with Gasteiger partial charge in [-0.25, -0.2) is 9.80 Å². The van der Waals surface area contributed by atoms with Crippen LogP contribution in [0.5, 0.6) is 5.75 Å². The molecule has 0 atom stereocenters. The summed E-state index contributed by atoms with van der Waals surface area (Å²) in [4.78, 5) is 17.0. The molecule has 0 spiro atoms. The number of fused-ring (bicyclic) bond motifs is 3. The van der Waals surface area contributed by atoms with Gasteiger partial charge in [0.15, 0.2) is 5.82 Å². The molecule has 1 aromatic carbocycles. The average molecular weight is 340 g/mol. The van der Waals surface area contributed by atoms with E-state index in [0.717, 1.165) is 48.9 Å². The molecule has 0 bridgehead atoms. The first-order chi connectivity index (χ1) is 12.2. The average Bonchev–Trinajstić information content (AvgIpc) is 3.16. The van der Waals surface area contributed by atoms with Gasteiger partial charge in [0.1, 0.15) is 5.75 Å². The van der Waals surface area contributed by atoms with E-state index < -0.39 is 0 Å². The van der Waals surface area contributed by atoms with Crippen molar-refractivity contribution in [2.45, 2.75) is 32.7 Å². The number of anilines is 1. The van der Waals surface area contributed by atoms with Crippen LogP contribution in [0.25, 0.3) is 11.3 Å². The number of hydrogen-bond acceptors (Lipinski definition) is 5. The van der Waals surface area contributed by atoms with Crippen molar-refractivity contribution in [3.8, 4) is 17.0 Å². The van der Waals surface area contributed by atoms with Crippen molar-refractivity contribution in [3.05, 3.63) is 40.3 Å². The maximum absolute atomic E-state index is 12.6. The minimum Gasteiger partial charge on any atom is -0.497 e. The van der Waals surface area contributed by atoms with Crippen LogP contribution < -0.4 is 15.4 Å². The molecular weight excluding hydrogens is 316 g/mol. The van der Waals surface area contributed by atoms with E-state index in [4.69, 9.17) is 4.74 Å². The number of rotatable bonds is 4. The van der Waals surface area contributed by atoms with E-state index in [1.807, 2.05) is 6.07 Å². The van der Waals surface area contributed by atoms with Crippen molar-refractivity contribution in [1.29, 1.82) is 0 Å². The lowest BCUT2D eigenvalue weighted by Gasteiger charge is -2.32. The van der Waals surface area contributed by atoms with Gasteiger partial charge in [-0.2, -0.15) is 4.98 Å². The maximum Gasteiger partial charge on any atom is 0.350 e. The van der Waals surface area contributed by atoms with Crippen molar-refractivity contribution in [2.24, 2.45) is 0 Å². The molecule has 0 N–H and O–H groups in total. The maximum atomic E-state index is 12.6. The first kappa shape index (κ1) is 16.1. The Bertz CT molecular complexity index is 840. The Morgan fingerprint density at radius 2 is 2.00 bits per heavy atom. The van der Waals surface area contributed by atoms with Crippen molar-refractivity contribution in [3.63, 3.8) is 0 Å².